The number of pyridine rings is 1. The number of aromatic nitrogens is 1. The van der Waals surface area contributed by atoms with Crippen LogP contribution in [-0.2, 0) is 7.05 Å². The lowest BCUT2D eigenvalue weighted by atomic mass is 10.1. The van der Waals surface area contributed by atoms with E-state index in [9.17, 15) is 14.9 Å². The maximum absolute atomic E-state index is 11.9. The SMILES string of the molecule is Cn1c(=O)ccc2c([N+](=O)[O-])ccc(Nc3ccccc3)c21. The van der Waals surface area contributed by atoms with E-state index in [0.717, 1.165) is 5.69 Å². The fourth-order valence-electron chi connectivity index (χ4n) is 2.44. The van der Waals surface area contributed by atoms with Gasteiger partial charge in [0.15, 0.2) is 0 Å². The third kappa shape index (κ3) is 2.31. The minimum atomic E-state index is -0.445. The van der Waals surface area contributed by atoms with Gasteiger partial charge in [0.25, 0.3) is 11.2 Å². The average molecular weight is 295 g/mol. The van der Waals surface area contributed by atoms with Crippen LogP contribution < -0.4 is 10.9 Å². The smallest absolute Gasteiger partial charge is 0.278 e. The number of hydrogen-bond donors (Lipinski definition) is 1. The minimum absolute atomic E-state index is 0.0239. The molecule has 3 aromatic rings. The maximum atomic E-state index is 11.9. The fourth-order valence-corrected chi connectivity index (χ4v) is 2.44. The number of anilines is 2. The van der Waals surface area contributed by atoms with E-state index in [2.05, 4.69) is 5.32 Å². The summed E-state index contributed by atoms with van der Waals surface area (Å²) in [4.78, 5) is 22.6. The van der Waals surface area contributed by atoms with Gasteiger partial charge in [-0.1, -0.05) is 18.2 Å². The van der Waals surface area contributed by atoms with Gasteiger partial charge in [0.2, 0.25) is 0 Å². The van der Waals surface area contributed by atoms with Crippen molar-refractivity contribution in [2.45, 2.75) is 0 Å². The van der Waals surface area contributed by atoms with Crippen LogP contribution in [0.1, 0.15) is 0 Å². The first kappa shape index (κ1) is 13.8. The van der Waals surface area contributed by atoms with Crippen molar-refractivity contribution in [3.63, 3.8) is 0 Å². The molecule has 0 fully saturated rings. The fraction of sp³-hybridized carbons (Fsp3) is 0.0625. The highest BCUT2D eigenvalue weighted by Gasteiger charge is 2.16. The Balaban J connectivity index is 2.27. The quantitative estimate of drug-likeness (QED) is 0.594. The van der Waals surface area contributed by atoms with Crippen LogP contribution in [0.15, 0.2) is 59.4 Å². The van der Waals surface area contributed by atoms with E-state index in [4.69, 9.17) is 0 Å². The molecule has 0 radical (unpaired) electrons. The third-order valence-electron chi connectivity index (χ3n) is 3.50. The molecule has 22 heavy (non-hydrogen) atoms. The van der Waals surface area contributed by atoms with Crippen molar-refractivity contribution >= 4 is 28.0 Å². The number of benzene rings is 2. The summed E-state index contributed by atoms with van der Waals surface area (Å²) in [5.41, 5.74) is 1.75. The first-order chi connectivity index (χ1) is 10.6. The topological polar surface area (TPSA) is 77.2 Å². The zero-order chi connectivity index (χ0) is 15.7. The summed E-state index contributed by atoms with van der Waals surface area (Å²) >= 11 is 0. The Morgan fingerprint density at radius 1 is 1.05 bits per heavy atom. The van der Waals surface area contributed by atoms with Crippen molar-refractivity contribution in [1.29, 1.82) is 0 Å². The van der Waals surface area contributed by atoms with Crippen LogP contribution in [0, 0.1) is 10.1 Å². The van der Waals surface area contributed by atoms with E-state index < -0.39 is 4.92 Å². The standard InChI is InChI=1S/C16H13N3O3/c1-18-15(20)10-7-12-14(19(21)22)9-8-13(16(12)18)17-11-5-3-2-4-6-11/h2-10,17H,1H3. The van der Waals surface area contributed by atoms with Crippen LogP contribution in [0.25, 0.3) is 10.9 Å². The van der Waals surface area contributed by atoms with Crippen molar-refractivity contribution in [3.8, 4) is 0 Å². The van der Waals surface area contributed by atoms with Gasteiger partial charge >= 0.3 is 0 Å². The number of nitro groups is 1. The van der Waals surface area contributed by atoms with E-state index in [0.29, 0.717) is 16.6 Å². The molecule has 0 atom stereocenters. The summed E-state index contributed by atoms with van der Waals surface area (Å²) in [6.07, 6.45) is 0. The number of fused-ring (bicyclic) bond motifs is 1. The van der Waals surface area contributed by atoms with Crippen LogP contribution in [0.3, 0.4) is 0 Å². The molecule has 1 aromatic heterocycles. The number of rotatable bonds is 3. The Hall–Kier alpha value is -3.15. The number of non-ortho nitro benzene ring substituents is 1. The Labute approximate surface area is 125 Å². The Kier molecular flexibility index (Phi) is 3.34. The number of nitrogens with one attached hydrogen (secondary N) is 1. The summed E-state index contributed by atoms with van der Waals surface area (Å²) in [5, 5.41) is 14.8. The van der Waals surface area contributed by atoms with Crippen molar-refractivity contribution in [2.24, 2.45) is 7.05 Å². The van der Waals surface area contributed by atoms with E-state index in [1.165, 1.54) is 22.8 Å². The first-order valence-electron chi connectivity index (χ1n) is 6.67. The molecule has 0 bridgehead atoms. The maximum Gasteiger partial charge on any atom is 0.278 e. The number of nitro benzene ring substituents is 1. The normalized spacial score (nSPS) is 10.6. The largest absolute Gasteiger partial charge is 0.354 e. The Morgan fingerprint density at radius 2 is 1.77 bits per heavy atom. The molecule has 1 N–H and O–H groups in total. The third-order valence-corrected chi connectivity index (χ3v) is 3.50. The minimum Gasteiger partial charge on any atom is -0.354 e. The molecule has 0 spiro atoms. The van der Waals surface area contributed by atoms with Crippen molar-refractivity contribution in [2.75, 3.05) is 5.32 Å². The second-order valence-electron chi connectivity index (χ2n) is 4.87. The summed E-state index contributed by atoms with van der Waals surface area (Å²) in [5.74, 6) is 0. The van der Waals surface area contributed by atoms with Crippen LogP contribution in [0.4, 0.5) is 17.1 Å². The predicted octanol–water partition coefficient (Wildman–Crippen LogP) is 3.19. The summed E-state index contributed by atoms with van der Waals surface area (Å²) in [7, 11) is 1.60. The molecule has 0 saturated carbocycles. The van der Waals surface area contributed by atoms with E-state index in [1.807, 2.05) is 30.3 Å². The van der Waals surface area contributed by atoms with Gasteiger partial charge in [-0.2, -0.15) is 0 Å². The van der Waals surface area contributed by atoms with Gasteiger partial charge in [-0.05, 0) is 24.3 Å². The lowest BCUT2D eigenvalue weighted by molar-refractivity contribution is -0.383. The molecule has 0 unspecified atom stereocenters. The second-order valence-corrected chi connectivity index (χ2v) is 4.87. The molecule has 110 valence electrons. The highest BCUT2D eigenvalue weighted by molar-refractivity contribution is 5.98. The van der Waals surface area contributed by atoms with Gasteiger partial charge in [-0.25, -0.2) is 0 Å². The van der Waals surface area contributed by atoms with Crippen LogP contribution in [-0.4, -0.2) is 9.49 Å². The molecule has 0 aliphatic rings. The molecular formula is C16H13N3O3. The Bertz CT molecular complexity index is 917. The van der Waals surface area contributed by atoms with Gasteiger partial charge < -0.3 is 9.88 Å². The number of para-hydroxylation sites is 1. The molecule has 0 aliphatic carbocycles. The lowest BCUT2D eigenvalue weighted by Gasteiger charge is -2.12. The molecule has 2 aromatic carbocycles. The molecule has 6 nitrogen and oxygen atoms in total. The molecular weight excluding hydrogens is 282 g/mol. The van der Waals surface area contributed by atoms with E-state index in [1.54, 1.807) is 13.1 Å². The zero-order valence-electron chi connectivity index (χ0n) is 11.8. The lowest BCUT2D eigenvalue weighted by Crippen LogP contribution is -2.16. The van der Waals surface area contributed by atoms with Gasteiger partial charge in [0.1, 0.15) is 0 Å². The Morgan fingerprint density at radius 3 is 2.45 bits per heavy atom. The molecule has 0 aliphatic heterocycles. The predicted molar refractivity (Wildman–Crippen MR) is 85.6 cm³/mol. The van der Waals surface area contributed by atoms with Gasteiger partial charge in [0, 0.05) is 24.9 Å². The molecule has 1 heterocycles. The van der Waals surface area contributed by atoms with Crippen LogP contribution >= 0.6 is 0 Å². The summed E-state index contributed by atoms with van der Waals surface area (Å²) in [6, 6.07) is 15.3. The molecule has 0 amide bonds. The van der Waals surface area contributed by atoms with Gasteiger partial charge in [0.05, 0.1) is 21.5 Å². The van der Waals surface area contributed by atoms with Gasteiger partial charge in [-0.15, -0.1) is 0 Å². The molecule has 0 saturated heterocycles. The number of aryl methyl sites for hydroxylation is 1. The number of nitrogens with zero attached hydrogens (tertiary/aromatic N) is 2. The van der Waals surface area contributed by atoms with Crippen molar-refractivity contribution < 1.29 is 4.92 Å². The highest BCUT2D eigenvalue weighted by Crippen LogP contribution is 2.31. The monoisotopic (exact) mass is 295 g/mol. The second kappa shape index (κ2) is 5.33. The zero-order valence-corrected chi connectivity index (χ0v) is 11.8. The summed E-state index contributed by atoms with van der Waals surface area (Å²) in [6.45, 7) is 0. The van der Waals surface area contributed by atoms with Crippen LogP contribution in [0.5, 0.6) is 0 Å². The number of hydrogen-bond acceptors (Lipinski definition) is 4. The van der Waals surface area contributed by atoms with Gasteiger partial charge in [-0.3, -0.25) is 14.9 Å². The van der Waals surface area contributed by atoms with Crippen LogP contribution in [0.2, 0.25) is 0 Å². The van der Waals surface area contributed by atoms with Crippen molar-refractivity contribution in [1.82, 2.24) is 4.57 Å². The average Bonchev–Trinajstić information content (AvgIpc) is 2.51. The molecule has 3 rings (SSSR count). The molecule has 6 heteroatoms. The van der Waals surface area contributed by atoms with Crippen molar-refractivity contribution in [3.05, 3.63) is 75.1 Å². The van der Waals surface area contributed by atoms with E-state index >= 15 is 0 Å². The first-order valence-corrected chi connectivity index (χ1v) is 6.67. The summed E-state index contributed by atoms with van der Waals surface area (Å²) < 4.78 is 1.41. The highest BCUT2D eigenvalue weighted by atomic mass is 16.6. The van der Waals surface area contributed by atoms with E-state index in [-0.39, 0.29) is 11.2 Å².